The third-order valence-electron chi connectivity index (χ3n) is 6.10. The molecule has 0 fully saturated rings. The maximum absolute atomic E-state index is 10.0. The zero-order valence-corrected chi connectivity index (χ0v) is 20.0. The van der Waals surface area contributed by atoms with Crippen molar-refractivity contribution < 1.29 is 10.2 Å². The molecule has 0 saturated carbocycles. The van der Waals surface area contributed by atoms with Gasteiger partial charge in [0.1, 0.15) is 11.5 Å². The van der Waals surface area contributed by atoms with Crippen molar-refractivity contribution >= 4 is 22.7 Å². The average Bonchev–Trinajstić information content (AvgIpc) is 3.10. The van der Waals surface area contributed by atoms with Crippen molar-refractivity contribution in [3.05, 3.63) is 72.4 Å². The molecule has 4 nitrogen and oxygen atoms in total. The van der Waals surface area contributed by atoms with E-state index in [0.717, 1.165) is 45.8 Å². The SMILES string of the molecule is Cc1c(-c2ccc(O)cc2)n(CCCCCCCCSc2ccccn2)c2ccc(O)cc12. The van der Waals surface area contributed by atoms with Crippen molar-refractivity contribution in [2.75, 3.05) is 5.75 Å². The van der Waals surface area contributed by atoms with E-state index >= 15 is 0 Å². The summed E-state index contributed by atoms with van der Waals surface area (Å²) in [6.07, 6.45) is 9.21. The molecule has 0 aliphatic heterocycles. The Bertz CT molecular complexity index is 1170. The highest BCUT2D eigenvalue weighted by Crippen LogP contribution is 2.36. The number of hydrogen-bond acceptors (Lipinski definition) is 4. The summed E-state index contributed by atoms with van der Waals surface area (Å²) in [6.45, 7) is 3.06. The number of hydrogen-bond donors (Lipinski definition) is 2. The van der Waals surface area contributed by atoms with Crippen LogP contribution in [0.2, 0.25) is 0 Å². The number of aromatic hydroxyl groups is 2. The van der Waals surface area contributed by atoms with E-state index in [0.29, 0.717) is 5.75 Å². The molecule has 2 aromatic heterocycles. The van der Waals surface area contributed by atoms with E-state index in [4.69, 9.17) is 0 Å². The van der Waals surface area contributed by atoms with Crippen molar-refractivity contribution in [1.29, 1.82) is 0 Å². The average molecular weight is 461 g/mol. The molecule has 0 aliphatic rings. The van der Waals surface area contributed by atoms with Gasteiger partial charge in [0.05, 0.1) is 10.7 Å². The molecule has 4 aromatic rings. The number of aryl methyl sites for hydroxylation is 2. The largest absolute Gasteiger partial charge is 0.508 e. The number of nitrogens with zero attached hydrogens (tertiary/aromatic N) is 2. The Hall–Kier alpha value is -2.92. The quantitative estimate of drug-likeness (QED) is 0.179. The second-order valence-corrected chi connectivity index (χ2v) is 9.63. The Morgan fingerprint density at radius 1 is 0.818 bits per heavy atom. The van der Waals surface area contributed by atoms with Crippen LogP contribution in [0.3, 0.4) is 0 Å². The van der Waals surface area contributed by atoms with Gasteiger partial charge in [0.25, 0.3) is 0 Å². The third kappa shape index (κ3) is 5.91. The number of aromatic nitrogens is 2. The van der Waals surface area contributed by atoms with Gasteiger partial charge in [-0.1, -0.05) is 31.7 Å². The minimum absolute atomic E-state index is 0.273. The van der Waals surface area contributed by atoms with Gasteiger partial charge in [0.2, 0.25) is 0 Å². The lowest BCUT2D eigenvalue weighted by Gasteiger charge is -2.12. The van der Waals surface area contributed by atoms with Crippen molar-refractivity contribution in [3.8, 4) is 22.8 Å². The monoisotopic (exact) mass is 460 g/mol. The van der Waals surface area contributed by atoms with Gasteiger partial charge in [-0.15, -0.1) is 11.8 Å². The lowest BCUT2D eigenvalue weighted by molar-refractivity contribution is 0.475. The lowest BCUT2D eigenvalue weighted by atomic mass is 10.1. The lowest BCUT2D eigenvalue weighted by Crippen LogP contribution is -2.01. The molecule has 33 heavy (non-hydrogen) atoms. The van der Waals surface area contributed by atoms with E-state index in [2.05, 4.69) is 22.5 Å². The van der Waals surface area contributed by atoms with Gasteiger partial charge in [-0.3, -0.25) is 0 Å². The fourth-order valence-corrected chi connectivity index (χ4v) is 5.29. The van der Waals surface area contributed by atoms with Crippen LogP contribution in [0.25, 0.3) is 22.2 Å². The van der Waals surface area contributed by atoms with Crippen molar-refractivity contribution in [1.82, 2.24) is 9.55 Å². The molecule has 4 rings (SSSR count). The minimum Gasteiger partial charge on any atom is -0.508 e. The third-order valence-corrected chi connectivity index (χ3v) is 7.13. The summed E-state index contributed by atoms with van der Waals surface area (Å²) < 4.78 is 2.37. The highest BCUT2D eigenvalue weighted by molar-refractivity contribution is 7.99. The standard InChI is InChI=1S/C28H32N2O2S/c1-21-25-20-24(32)15-16-26(25)30(28(21)22-11-13-23(31)14-12-22)18-8-4-2-3-5-9-19-33-27-10-6-7-17-29-27/h6-7,10-17,20,31-32H,2-5,8-9,18-19H2,1H3. The Kier molecular flexibility index (Phi) is 7.95. The molecule has 2 aromatic carbocycles. The summed E-state index contributed by atoms with van der Waals surface area (Å²) in [4.78, 5) is 4.36. The predicted molar refractivity (Wildman–Crippen MR) is 138 cm³/mol. The molecule has 0 atom stereocenters. The second kappa shape index (κ2) is 11.3. The fourth-order valence-electron chi connectivity index (χ4n) is 4.42. The minimum atomic E-state index is 0.273. The summed E-state index contributed by atoms with van der Waals surface area (Å²) in [7, 11) is 0. The van der Waals surface area contributed by atoms with Crippen LogP contribution in [0.5, 0.6) is 11.5 Å². The van der Waals surface area contributed by atoms with Crippen molar-refractivity contribution in [2.24, 2.45) is 0 Å². The molecule has 0 radical (unpaired) electrons. The van der Waals surface area contributed by atoms with Crippen LogP contribution in [0.15, 0.2) is 71.9 Å². The van der Waals surface area contributed by atoms with E-state index in [1.807, 2.05) is 54.4 Å². The molecular weight excluding hydrogens is 428 g/mol. The Balaban J connectivity index is 1.31. The van der Waals surface area contributed by atoms with Crippen LogP contribution in [0.4, 0.5) is 0 Å². The van der Waals surface area contributed by atoms with Crippen molar-refractivity contribution in [2.45, 2.75) is 57.0 Å². The number of phenolic OH excluding ortho intramolecular Hbond substituents is 2. The van der Waals surface area contributed by atoms with Gasteiger partial charge in [-0.2, -0.15) is 0 Å². The van der Waals surface area contributed by atoms with E-state index in [-0.39, 0.29) is 5.75 Å². The van der Waals surface area contributed by atoms with Crippen LogP contribution in [-0.2, 0) is 6.54 Å². The topological polar surface area (TPSA) is 58.3 Å². The molecule has 2 N–H and O–H groups in total. The maximum Gasteiger partial charge on any atom is 0.116 e. The molecule has 2 heterocycles. The summed E-state index contributed by atoms with van der Waals surface area (Å²) in [6, 6.07) is 19.1. The van der Waals surface area contributed by atoms with Gasteiger partial charge < -0.3 is 14.8 Å². The van der Waals surface area contributed by atoms with Gasteiger partial charge in [-0.05, 0) is 91.2 Å². The molecule has 5 heteroatoms. The van der Waals surface area contributed by atoms with Crippen LogP contribution in [0.1, 0.15) is 44.1 Å². The van der Waals surface area contributed by atoms with Crippen LogP contribution in [-0.4, -0.2) is 25.5 Å². The van der Waals surface area contributed by atoms with Gasteiger partial charge in [0, 0.05) is 23.6 Å². The molecule has 0 spiro atoms. The number of unbranched alkanes of at least 4 members (excludes halogenated alkanes) is 5. The Morgan fingerprint density at radius 3 is 2.30 bits per heavy atom. The summed E-state index contributed by atoms with van der Waals surface area (Å²) in [5.41, 5.74) is 4.57. The number of rotatable bonds is 11. The van der Waals surface area contributed by atoms with Gasteiger partial charge >= 0.3 is 0 Å². The smallest absolute Gasteiger partial charge is 0.116 e. The van der Waals surface area contributed by atoms with Gasteiger partial charge in [-0.25, -0.2) is 4.98 Å². The first-order valence-electron chi connectivity index (χ1n) is 11.8. The molecular formula is C28H32N2O2S. The molecule has 0 aliphatic carbocycles. The van der Waals surface area contributed by atoms with Gasteiger partial charge in [0.15, 0.2) is 0 Å². The summed E-state index contributed by atoms with van der Waals surface area (Å²) in [5, 5.41) is 21.9. The highest BCUT2D eigenvalue weighted by atomic mass is 32.2. The number of benzene rings is 2. The van der Waals surface area contributed by atoms with Crippen molar-refractivity contribution in [3.63, 3.8) is 0 Å². The molecule has 0 unspecified atom stereocenters. The first kappa shape index (κ1) is 23.2. The molecule has 0 amide bonds. The predicted octanol–water partition coefficient (Wildman–Crippen LogP) is 7.56. The molecule has 0 saturated heterocycles. The van der Waals surface area contributed by atoms with E-state index < -0.39 is 0 Å². The Morgan fingerprint density at radius 2 is 1.55 bits per heavy atom. The Labute approximate surface area is 200 Å². The normalized spacial score (nSPS) is 11.3. The number of thioether (sulfide) groups is 1. The maximum atomic E-state index is 10.0. The van der Waals surface area contributed by atoms with Crippen LogP contribution in [0, 0.1) is 6.92 Å². The number of fused-ring (bicyclic) bond motifs is 1. The molecule has 172 valence electrons. The summed E-state index contributed by atoms with van der Waals surface area (Å²) >= 11 is 1.84. The summed E-state index contributed by atoms with van der Waals surface area (Å²) in [5.74, 6) is 1.70. The number of phenols is 2. The zero-order valence-electron chi connectivity index (χ0n) is 19.2. The number of pyridine rings is 1. The van der Waals surface area contributed by atoms with Crippen LogP contribution >= 0.6 is 11.8 Å². The van der Waals surface area contributed by atoms with E-state index in [9.17, 15) is 10.2 Å². The first-order valence-corrected chi connectivity index (χ1v) is 12.8. The zero-order chi connectivity index (χ0) is 23.0. The van der Waals surface area contributed by atoms with E-state index in [1.54, 1.807) is 18.2 Å². The first-order chi connectivity index (χ1) is 16.1. The van der Waals surface area contributed by atoms with E-state index in [1.165, 1.54) is 37.8 Å². The highest BCUT2D eigenvalue weighted by Gasteiger charge is 2.16. The fraction of sp³-hybridized carbons (Fsp3) is 0.321. The molecule has 0 bridgehead atoms. The second-order valence-electron chi connectivity index (χ2n) is 8.51. The van der Waals surface area contributed by atoms with Crippen LogP contribution < -0.4 is 0 Å².